The number of carbonyl (C=O) groups is 4. The molecule has 0 aromatic heterocycles. The summed E-state index contributed by atoms with van der Waals surface area (Å²) >= 11 is 0. The SMILES string of the molecule is CN[C@@H](C)C(=O)N[C@H](C(=O)N1Cc2cc(C(=O)OC)ccc2C[C@H]1C(=O)N[C@@H]1CCCc2ccccc21)C(C)(C)C. The molecule has 0 fully saturated rings. The number of methoxy groups -OCH3 is 1. The average molecular weight is 563 g/mol. The second-order valence-electron chi connectivity index (χ2n) is 12.1. The van der Waals surface area contributed by atoms with Crippen molar-refractivity contribution < 1.29 is 23.9 Å². The quantitative estimate of drug-likeness (QED) is 0.447. The molecular weight excluding hydrogens is 520 g/mol. The first-order valence-corrected chi connectivity index (χ1v) is 14.3. The molecule has 0 spiro atoms. The van der Waals surface area contributed by atoms with E-state index in [2.05, 4.69) is 28.1 Å². The van der Waals surface area contributed by atoms with Gasteiger partial charge < -0.3 is 25.6 Å². The molecule has 0 saturated carbocycles. The first-order chi connectivity index (χ1) is 19.4. The van der Waals surface area contributed by atoms with Crippen LogP contribution in [0.3, 0.4) is 0 Å². The molecule has 220 valence electrons. The highest BCUT2D eigenvalue weighted by molar-refractivity contribution is 5.94. The molecule has 3 N–H and O–H groups in total. The average Bonchev–Trinajstić information content (AvgIpc) is 2.97. The summed E-state index contributed by atoms with van der Waals surface area (Å²) in [5, 5.41) is 9.07. The van der Waals surface area contributed by atoms with Crippen LogP contribution in [0.4, 0.5) is 0 Å². The zero-order valence-corrected chi connectivity index (χ0v) is 24.9. The van der Waals surface area contributed by atoms with E-state index in [1.165, 1.54) is 12.7 Å². The minimum atomic E-state index is -0.873. The van der Waals surface area contributed by atoms with Crippen molar-refractivity contribution in [3.8, 4) is 0 Å². The van der Waals surface area contributed by atoms with Crippen LogP contribution < -0.4 is 16.0 Å². The topological polar surface area (TPSA) is 117 Å². The fourth-order valence-corrected chi connectivity index (χ4v) is 5.68. The first-order valence-electron chi connectivity index (χ1n) is 14.3. The predicted octanol–water partition coefficient (Wildman–Crippen LogP) is 3.06. The van der Waals surface area contributed by atoms with Crippen molar-refractivity contribution >= 4 is 23.7 Å². The fraction of sp³-hybridized carbons (Fsp3) is 0.500. The van der Waals surface area contributed by atoms with Gasteiger partial charge in [0.15, 0.2) is 0 Å². The van der Waals surface area contributed by atoms with Crippen LogP contribution >= 0.6 is 0 Å². The second kappa shape index (κ2) is 12.4. The first kappa shape index (κ1) is 30.2. The Labute approximate surface area is 242 Å². The van der Waals surface area contributed by atoms with Gasteiger partial charge in [-0.15, -0.1) is 0 Å². The molecular formula is C32H42N4O5. The van der Waals surface area contributed by atoms with Crippen LogP contribution in [-0.2, 0) is 38.5 Å². The van der Waals surface area contributed by atoms with Gasteiger partial charge in [-0.05, 0) is 73.0 Å². The summed E-state index contributed by atoms with van der Waals surface area (Å²) in [4.78, 5) is 55.0. The normalized spacial score (nSPS) is 19.7. The third-order valence-electron chi connectivity index (χ3n) is 8.26. The number of likely N-dealkylation sites (N-methyl/N-ethyl adjacent to an activating group) is 1. The highest BCUT2D eigenvalue weighted by Crippen LogP contribution is 2.32. The minimum Gasteiger partial charge on any atom is -0.465 e. The lowest BCUT2D eigenvalue weighted by atomic mass is 9.83. The van der Waals surface area contributed by atoms with Gasteiger partial charge in [0.25, 0.3) is 0 Å². The van der Waals surface area contributed by atoms with Gasteiger partial charge in [-0.3, -0.25) is 14.4 Å². The van der Waals surface area contributed by atoms with Gasteiger partial charge in [0.1, 0.15) is 12.1 Å². The van der Waals surface area contributed by atoms with E-state index in [1.807, 2.05) is 39.0 Å². The monoisotopic (exact) mass is 562 g/mol. The number of fused-ring (bicyclic) bond motifs is 2. The van der Waals surface area contributed by atoms with Crippen LogP contribution in [0.15, 0.2) is 42.5 Å². The number of aryl methyl sites for hydroxylation is 1. The molecule has 2 aliphatic rings. The van der Waals surface area contributed by atoms with E-state index in [9.17, 15) is 19.2 Å². The van der Waals surface area contributed by atoms with Gasteiger partial charge in [-0.2, -0.15) is 0 Å². The Kier molecular flexibility index (Phi) is 9.17. The summed E-state index contributed by atoms with van der Waals surface area (Å²) in [6, 6.07) is 11.1. The summed E-state index contributed by atoms with van der Waals surface area (Å²) in [6.07, 6.45) is 3.06. The summed E-state index contributed by atoms with van der Waals surface area (Å²) in [5.74, 6) is -1.34. The summed E-state index contributed by atoms with van der Waals surface area (Å²) in [6.45, 7) is 7.52. The van der Waals surface area contributed by atoms with Crippen molar-refractivity contribution in [2.75, 3.05) is 14.2 Å². The Hall–Kier alpha value is -3.72. The van der Waals surface area contributed by atoms with Crippen LogP contribution in [0.1, 0.15) is 79.2 Å². The molecule has 1 heterocycles. The Morgan fingerprint density at radius 1 is 1.02 bits per heavy atom. The molecule has 2 aromatic carbocycles. The summed E-state index contributed by atoms with van der Waals surface area (Å²) in [7, 11) is 3.01. The van der Waals surface area contributed by atoms with Crippen molar-refractivity contribution in [1.82, 2.24) is 20.9 Å². The Morgan fingerprint density at radius 3 is 2.44 bits per heavy atom. The van der Waals surface area contributed by atoms with Crippen molar-refractivity contribution in [3.63, 3.8) is 0 Å². The smallest absolute Gasteiger partial charge is 0.337 e. The number of nitrogens with one attached hydrogen (secondary N) is 3. The van der Waals surface area contributed by atoms with E-state index in [-0.39, 0.29) is 30.3 Å². The van der Waals surface area contributed by atoms with Crippen LogP contribution in [0, 0.1) is 5.41 Å². The van der Waals surface area contributed by atoms with Crippen molar-refractivity contribution in [1.29, 1.82) is 0 Å². The highest BCUT2D eigenvalue weighted by atomic mass is 16.5. The van der Waals surface area contributed by atoms with Gasteiger partial charge in [-0.25, -0.2) is 4.79 Å². The van der Waals surface area contributed by atoms with Gasteiger partial charge >= 0.3 is 5.97 Å². The van der Waals surface area contributed by atoms with Crippen molar-refractivity contribution in [3.05, 3.63) is 70.3 Å². The molecule has 4 rings (SSSR count). The fourth-order valence-electron chi connectivity index (χ4n) is 5.68. The minimum absolute atomic E-state index is 0.127. The summed E-state index contributed by atoms with van der Waals surface area (Å²) < 4.78 is 4.90. The molecule has 9 nitrogen and oxygen atoms in total. The summed E-state index contributed by atoms with van der Waals surface area (Å²) in [5.41, 5.74) is 3.77. The van der Waals surface area contributed by atoms with E-state index >= 15 is 0 Å². The number of benzene rings is 2. The zero-order chi connectivity index (χ0) is 29.9. The Balaban J connectivity index is 1.69. The number of hydrogen-bond donors (Lipinski definition) is 3. The highest BCUT2D eigenvalue weighted by Gasteiger charge is 2.43. The van der Waals surface area contributed by atoms with E-state index in [0.29, 0.717) is 12.0 Å². The maximum Gasteiger partial charge on any atom is 0.337 e. The lowest BCUT2D eigenvalue weighted by Gasteiger charge is -2.41. The lowest BCUT2D eigenvalue weighted by Crippen LogP contribution is -2.62. The third kappa shape index (κ3) is 6.62. The Morgan fingerprint density at radius 2 is 1.76 bits per heavy atom. The van der Waals surface area contributed by atoms with Crippen LogP contribution in [0.2, 0.25) is 0 Å². The maximum atomic E-state index is 14.3. The lowest BCUT2D eigenvalue weighted by molar-refractivity contribution is -0.147. The number of rotatable bonds is 7. The standard InChI is InChI=1S/C32H42N4O5/c1-19(33-5)28(37)35-27(32(2,3)4)30(39)36-18-23-16-22(31(40)41-6)15-14-21(23)17-26(36)29(38)34-25-13-9-11-20-10-7-8-12-24(20)25/h7-8,10,12,14-16,19,25-27,33H,9,11,13,17-18H2,1-6H3,(H,34,38)(H,35,37)/t19-,25+,26-,27+/m0/s1. The van der Waals surface area contributed by atoms with Crippen LogP contribution in [0.25, 0.3) is 0 Å². The molecule has 3 amide bonds. The third-order valence-corrected chi connectivity index (χ3v) is 8.26. The number of esters is 1. The largest absolute Gasteiger partial charge is 0.465 e. The Bertz CT molecular complexity index is 1320. The molecule has 1 aliphatic heterocycles. The molecule has 41 heavy (non-hydrogen) atoms. The van der Waals surface area contributed by atoms with Gasteiger partial charge in [0, 0.05) is 13.0 Å². The maximum absolute atomic E-state index is 14.3. The van der Waals surface area contributed by atoms with E-state index < -0.39 is 29.5 Å². The number of carbonyl (C=O) groups excluding carboxylic acids is 4. The molecule has 1 aliphatic carbocycles. The molecule has 0 saturated heterocycles. The number of ether oxygens (including phenoxy) is 1. The second-order valence-corrected chi connectivity index (χ2v) is 12.1. The molecule has 0 bridgehead atoms. The van der Waals surface area contributed by atoms with Gasteiger partial charge in [0.05, 0.1) is 24.8 Å². The molecule has 0 unspecified atom stereocenters. The predicted molar refractivity (Wildman–Crippen MR) is 156 cm³/mol. The van der Waals surface area contributed by atoms with Gasteiger partial charge in [-0.1, -0.05) is 51.1 Å². The molecule has 9 heteroatoms. The zero-order valence-electron chi connectivity index (χ0n) is 24.9. The van der Waals surface area contributed by atoms with E-state index in [4.69, 9.17) is 4.74 Å². The van der Waals surface area contributed by atoms with E-state index in [1.54, 1.807) is 31.0 Å². The number of hydrogen-bond acceptors (Lipinski definition) is 6. The molecule has 4 atom stereocenters. The van der Waals surface area contributed by atoms with E-state index in [0.717, 1.165) is 36.0 Å². The molecule has 2 aromatic rings. The van der Waals surface area contributed by atoms with Crippen LogP contribution in [-0.4, -0.2) is 60.9 Å². The van der Waals surface area contributed by atoms with Crippen LogP contribution in [0.5, 0.6) is 0 Å². The van der Waals surface area contributed by atoms with Gasteiger partial charge in [0.2, 0.25) is 17.7 Å². The molecule has 0 radical (unpaired) electrons. The number of nitrogens with zero attached hydrogens (tertiary/aromatic N) is 1. The van der Waals surface area contributed by atoms with Crippen molar-refractivity contribution in [2.24, 2.45) is 5.41 Å². The van der Waals surface area contributed by atoms with Crippen molar-refractivity contribution in [2.45, 2.75) is 84.1 Å². The number of amides is 3.